The van der Waals surface area contributed by atoms with E-state index >= 15 is 0 Å². The van der Waals surface area contributed by atoms with Crippen molar-refractivity contribution >= 4 is 11.6 Å². The van der Waals surface area contributed by atoms with Gasteiger partial charge in [0.05, 0.1) is 6.00 Å². The molecule has 1 heterocycles. The lowest BCUT2D eigenvalue weighted by atomic mass is 10.2. The summed E-state index contributed by atoms with van der Waals surface area (Å²) in [7, 11) is 0. The Kier molecular flexibility index (Phi) is 2.76. The number of nitrogens with one attached hydrogen (secondary N) is 1. The largest absolute Gasteiger partial charge is 0.314 e. The lowest BCUT2D eigenvalue weighted by molar-refractivity contribution is 0.203. The summed E-state index contributed by atoms with van der Waals surface area (Å²) >= 11 is 5.67. The van der Waals surface area contributed by atoms with Crippen LogP contribution in [0.1, 0.15) is 6.92 Å². The quantitative estimate of drug-likeness (QED) is 0.430. The molecular formula is C6H13ClN2. The number of piperazine rings is 1. The van der Waals surface area contributed by atoms with E-state index in [0.29, 0.717) is 12.0 Å². The monoisotopic (exact) mass is 148 g/mol. The molecule has 0 radical (unpaired) electrons. The minimum Gasteiger partial charge on any atom is -0.314 e. The minimum atomic E-state index is 0.608. The Labute approximate surface area is 61.2 Å². The van der Waals surface area contributed by atoms with Gasteiger partial charge in [-0.15, -0.1) is 11.6 Å². The van der Waals surface area contributed by atoms with Gasteiger partial charge in [0.25, 0.3) is 0 Å². The fourth-order valence-electron chi connectivity index (χ4n) is 1.06. The van der Waals surface area contributed by atoms with Crippen LogP contribution in [0.3, 0.4) is 0 Å². The highest BCUT2D eigenvalue weighted by molar-refractivity contribution is 6.17. The smallest absolute Gasteiger partial charge is 0.0741 e. The van der Waals surface area contributed by atoms with E-state index in [2.05, 4.69) is 17.1 Å². The molecule has 1 rings (SSSR count). The van der Waals surface area contributed by atoms with Crippen LogP contribution >= 0.6 is 11.6 Å². The average Bonchev–Trinajstić information content (AvgIpc) is 1.89. The second-order valence-electron chi connectivity index (χ2n) is 2.49. The number of hydrogen-bond donors (Lipinski definition) is 1. The van der Waals surface area contributed by atoms with Gasteiger partial charge in [0.15, 0.2) is 0 Å². The first-order valence-corrected chi connectivity index (χ1v) is 3.89. The summed E-state index contributed by atoms with van der Waals surface area (Å²) in [5.74, 6) is 0. The Balaban J connectivity index is 2.30. The fourth-order valence-corrected chi connectivity index (χ4v) is 1.42. The van der Waals surface area contributed by atoms with Crippen LogP contribution in [0.25, 0.3) is 0 Å². The van der Waals surface area contributed by atoms with Gasteiger partial charge in [0, 0.05) is 25.7 Å². The van der Waals surface area contributed by atoms with Gasteiger partial charge in [-0.1, -0.05) is 0 Å². The highest BCUT2D eigenvalue weighted by Crippen LogP contribution is 2.01. The van der Waals surface area contributed by atoms with E-state index in [0.717, 1.165) is 19.6 Å². The highest BCUT2D eigenvalue weighted by Gasteiger charge is 2.15. The van der Waals surface area contributed by atoms with Crippen molar-refractivity contribution in [3.05, 3.63) is 0 Å². The molecule has 0 aromatic carbocycles. The third-order valence-corrected chi connectivity index (χ3v) is 2.10. The Morgan fingerprint density at radius 1 is 1.78 bits per heavy atom. The Hall–Kier alpha value is 0.210. The molecule has 9 heavy (non-hydrogen) atoms. The number of rotatable bonds is 1. The van der Waals surface area contributed by atoms with E-state index < -0.39 is 0 Å². The summed E-state index contributed by atoms with van der Waals surface area (Å²) in [6, 6.07) is 1.28. The molecule has 0 amide bonds. The molecule has 54 valence electrons. The average molecular weight is 149 g/mol. The van der Waals surface area contributed by atoms with Gasteiger partial charge in [-0.3, -0.25) is 4.90 Å². The SMILES string of the molecule is CC1CNCCN1CCl. The molecule has 1 unspecified atom stereocenters. The molecule has 2 nitrogen and oxygen atoms in total. The van der Waals surface area contributed by atoms with Crippen molar-refractivity contribution in [2.45, 2.75) is 13.0 Å². The standard InChI is InChI=1S/C6H13ClN2/c1-6-4-8-2-3-9(6)5-7/h6,8H,2-5H2,1H3. The number of halogens is 1. The lowest BCUT2D eigenvalue weighted by Gasteiger charge is -2.31. The molecule has 3 heteroatoms. The first-order chi connectivity index (χ1) is 4.34. The van der Waals surface area contributed by atoms with E-state index in [1.807, 2.05) is 0 Å². The van der Waals surface area contributed by atoms with Crippen molar-refractivity contribution < 1.29 is 0 Å². The first kappa shape index (κ1) is 7.32. The third-order valence-electron chi connectivity index (χ3n) is 1.79. The molecule has 0 aliphatic carbocycles. The molecule has 1 atom stereocenters. The second kappa shape index (κ2) is 3.40. The summed E-state index contributed by atoms with van der Waals surface area (Å²) in [6.07, 6.45) is 0. The van der Waals surface area contributed by atoms with Crippen molar-refractivity contribution in [2.24, 2.45) is 0 Å². The van der Waals surface area contributed by atoms with Crippen LogP contribution in [-0.2, 0) is 0 Å². The molecule has 0 aromatic rings. The summed E-state index contributed by atoms with van der Waals surface area (Å²) in [6.45, 7) is 5.43. The number of nitrogens with zero attached hydrogens (tertiary/aromatic N) is 1. The van der Waals surface area contributed by atoms with E-state index in [4.69, 9.17) is 11.6 Å². The number of alkyl halides is 1. The van der Waals surface area contributed by atoms with Crippen LogP contribution < -0.4 is 5.32 Å². The first-order valence-electron chi connectivity index (χ1n) is 3.35. The summed E-state index contributed by atoms with van der Waals surface area (Å²) in [5, 5.41) is 3.30. The molecule has 0 spiro atoms. The summed E-state index contributed by atoms with van der Waals surface area (Å²) < 4.78 is 0. The Bertz CT molecular complexity index is 87.1. The normalized spacial score (nSPS) is 30.7. The molecule has 0 bridgehead atoms. The van der Waals surface area contributed by atoms with Crippen LogP contribution in [0.4, 0.5) is 0 Å². The van der Waals surface area contributed by atoms with Crippen LogP contribution in [0.5, 0.6) is 0 Å². The minimum absolute atomic E-state index is 0.608. The van der Waals surface area contributed by atoms with Crippen molar-refractivity contribution in [1.29, 1.82) is 0 Å². The predicted molar refractivity (Wildman–Crippen MR) is 39.8 cm³/mol. The maximum atomic E-state index is 5.67. The van der Waals surface area contributed by atoms with Gasteiger partial charge in [-0.25, -0.2) is 0 Å². The maximum absolute atomic E-state index is 5.67. The van der Waals surface area contributed by atoms with Crippen molar-refractivity contribution in [3.8, 4) is 0 Å². The Morgan fingerprint density at radius 3 is 3.00 bits per heavy atom. The molecule has 1 aliphatic heterocycles. The zero-order valence-electron chi connectivity index (χ0n) is 5.73. The van der Waals surface area contributed by atoms with Crippen LogP contribution in [0.2, 0.25) is 0 Å². The highest BCUT2D eigenvalue weighted by atomic mass is 35.5. The molecule has 1 fully saturated rings. The van der Waals surface area contributed by atoms with Gasteiger partial charge in [0.1, 0.15) is 0 Å². The van der Waals surface area contributed by atoms with Crippen molar-refractivity contribution in [1.82, 2.24) is 10.2 Å². The molecule has 1 N–H and O–H groups in total. The summed E-state index contributed by atoms with van der Waals surface area (Å²) in [5.41, 5.74) is 0. The zero-order valence-corrected chi connectivity index (χ0v) is 6.49. The van der Waals surface area contributed by atoms with Gasteiger partial charge >= 0.3 is 0 Å². The van der Waals surface area contributed by atoms with Crippen molar-refractivity contribution in [2.75, 3.05) is 25.6 Å². The summed E-state index contributed by atoms with van der Waals surface area (Å²) in [4.78, 5) is 2.26. The predicted octanol–water partition coefficient (Wildman–Crippen LogP) is 0.476. The van der Waals surface area contributed by atoms with Gasteiger partial charge in [0.2, 0.25) is 0 Å². The molecule has 1 saturated heterocycles. The Morgan fingerprint density at radius 2 is 2.56 bits per heavy atom. The van der Waals surface area contributed by atoms with E-state index in [1.165, 1.54) is 0 Å². The van der Waals surface area contributed by atoms with Crippen LogP contribution in [0.15, 0.2) is 0 Å². The number of hydrogen-bond acceptors (Lipinski definition) is 2. The van der Waals surface area contributed by atoms with Gasteiger partial charge in [-0.2, -0.15) is 0 Å². The lowest BCUT2D eigenvalue weighted by Crippen LogP contribution is -2.48. The van der Waals surface area contributed by atoms with Crippen LogP contribution in [0, 0.1) is 0 Å². The van der Waals surface area contributed by atoms with E-state index in [-0.39, 0.29) is 0 Å². The zero-order chi connectivity index (χ0) is 6.69. The second-order valence-corrected chi connectivity index (χ2v) is 2.72. The molecule has 0 aromatic heterocycles. The molecule has 0 saturated carbocycles. The maximum Gasteiger partial charge on any atom is 0.0741 e. The third kappa shape index (κ3) is 1.81. The van der Waals surface area contributed by atoms with Gasteiger partial charge < -0.3 is 5.32 Å². The van der Waals surface area contributed by atoms with Gasteiger partial charge in [-0.05, 0) is 6.92 Å². The molecular weight excluding hydrogens is 136 g/mol. The van der Waals surface area contributed by atoms with Crippen molar-refractivity contribution in [3.63, 3.8) is 0 Å². The fraction of sp³-hybridized carbons (Fsp3) is 1.00. The van der Waals surface area contributed by atoms with E-state index in [9.17, 15) is 0 Å². The van der Waals surface area contributed by atoms with E-state index in [1.54, 1.807) is 0 Å². The topological polar surface area (TPSA) is 15.3 Å². The molecule has 1 aliphatic rings. The van der Waals surface area contributed by atoms with Crippen LogP contribution in [-0.4, -0.2) is 36.6 Å².